The quantitative estimate of drug-likeness (QED) is 0.798. The van der Waals surface area contributed by atoms with Crippen molar-refractivity contribution >= 4 is 5.91 Å². The van der Waals surface area contributed by atoms with Crippen molar-refractivity contribution < 1.29 is 4.79 Å². The summed E-state index contributed by atoms with van der Waals surface area (Å²) in [4.78, 5) is 15.3. The molecule has 0 radical (unpaired) electrons. The molecule has 0 fully saturated rings. The molecule has 1 N–H and O–H groups in total. The van der Waals surface area contributed by atoms with E-state index < -0.39 is 0 Å². The van der Waals surface area contributed by atoms with Crippen molar-refractivity contribution in [1.82, 2.24) is 10.3 Å². The fraction of sp³-hybridized carbons (Fsp3) is 0.500. The molecule has 0 saturated carbocycles. The lowest BCUT2D eigenvalue weighted by Crippen LogP contribution is -2.27. The molecule has 1 aromatic heterocycles. The SMILES string of the molecule is CC(C)CNC(=O)CCc1ccncc1. The van der Waals surface area contributed by atoms with E-state index in [0.29, 0.717) is 12.3 Å². The van der Waals surface area contributed by atoms with Gasteiger partial charge in [-0.1, -0.05) is 13.8 Å². The number of nitrogens with one attached hydrogen (secondary N) is 1. The molecule has 0 aromatic carbocycles. The topological polar surface area (TPSA) is 42.0 Å². The van der Waals surface area contributed by atoms with Gasteiger partial charge in [-0.05, 0) is 30.0 Å². The van der Waals surface area contributed by atoms with E-state index in [4.69, 9.17) is 0 Å². The number of hydrogen-bond donors (Lipinski definition) is 1. The number of amides is 1. The van der Waals surface area contributed by atoms with Crippen molar-refractivity contribution in [3.8, 4) is 0 Å². The highest BCUT2D eigenvalue weighted by molar-refractivity contribution is 5.76. The molecular formula is C12H18N2O. The molecule has 15 heavy (non-hydrogen) atoms. The number of hydrogen-bond acceptors (Lipinski definition) is 2. The van der Waals surface area contributed by atoms with Crippen LogP contribution < -0.4 is 5.32 Å². The predicted molar refractivity (Wildman–Crippen MR) is 60.4 cm³/mol. The maximum atomic E-state index is 11.4. The molecule has 0 aliphatic heterocycles. The fourth-order valence-electron chi connectivity index (χ4n) is 1.21. The number of nitrogens with zero attached hydrogens (tertiary/aromatic N) is 1. The first-order chi connectivity index (χ1) is 7.18. The monoisotopic (exact) mass is 206 g/mol. The van der Waals surface area contributed by atoms with Crippen LogP contribution in [0.5, 0.6) is 0 Å². The number of rotatable bonds is 5. The highest BCUT2D eigenvalue weighted by Crippen LogP contribution is 2.00. The van der Waals surface area contributed by atoms with Gasteiger partial charge in [-0.15, -0.1) is 0 Å². The third kappa shape index (κ3) is 5.15. The largest absolute Gasteiger partial charge is 0.356 e. The Kier molecular flexibility index (Phi) is 4.81. The average molecular weight is 206 g/mol. The third-order valence-corrected chi connectivity index (χ3v) is 2.10. The van der Waals surface area contributed by atoms with E-state index >= 15 is 0 Å². The van der Waals surface area contributed by atoms with Gasteiger partial charge >= 0.3 is 0 Å². The minimum absolute atomic E-state index is 0.125. The fourth-order valence-corrected chi connectivity index (χ4v) is 1.21. The van der Waals surface area contributed by atoms with Gasteiger partial charge in [0.1, 0.15) is 0 Å². The van der Waals surface area contributed by atoms with E-state index in [9.17, 15) is 4.79 Å². The summed E-state index contributed by atoms with van der Waals surface area (Å²) < 4.78 is 0. The molecule has 3 heteroatoms. The molecule has 0 bridgehead atoms. The molecule has 0 atom stereocenters. The molecule has 1 heterocycles. The molecule has 0 spiro atoms. The van der Waals surface area contributed by atoms with Crippen molar-refractivity contribution in [2.24, 2.45) is 5.92 Å². The number of carbonyl (C=O) groups is 1. The van der Waals surface area contributed by atoms with Crippen LogP contribution in [0, 0.1) is 5.92 Å². The molecule has 1 amide bonds. The van der Waals surface area contributed by atoms with Crippen LogP contribution in [-0.4, -0.2) is 17.4 Å². The molecule has 0 saturated heterocycles. The average Bonchev–Trinajstić information content (AvgIpc) is 2.25. The van der Waals surface area contributed by atoms with Crippen LogP contribution in [0.2, 0.25) is 0 Å². The molecule has 3 nitrogen and oxygen atoms in total. The van der Waals surface area contributed by atoms with Crippen LogP contribution in [0.4, 0.5) is 0 Å². The van der Waals surface area contributed by atoms with Crippen molar-refractivity contribution in [3.05, 3.63) is 30.1 Å². The Morgan fingerprint density at radius 1 is 1.40 bits per heavy atom. The first-order valence-electron chi connectivity index (χ1n) is 5.34. The van der Waals surface area contributed by atoms with E-state index in [1.54, 1.807) is 12.4 Å². The number of carbonyl (C=O) groups excluding carboxylic acids is 1. The minimum Gasteiger partial charge on any atom is -0.356 e. The molecule has 0 aliphatic rings. The molecule has 1 rings (SSSR count). The number of aromatic nitrogens is 1. The summed E-state index contributed by atoms with van der Waals surface area (Å²) in [6.07, 6.45) is 4.84. The second-order valence-electron chi connectivity index (χ2n) is 4.05. The lowest BCUT2D eigenvalue weighted by molar-refractivity contribution is -0.121. The van der Waals surface area contributed by atoms with Gasteiger partial charge in [-0.3, -0.25) is 9.78 Å². The van der Waals surface area contributed by atoms with Crippen LogP contribution in [0.3, 0.4) is 0 Å². The van der Waals surface area contributed by atoms with Crippen molar-refractivity contribution in [2.45, 2.75) is 26.7 Å². The van der Waals surface area contributed by atoms with Crippen molar-refractivity contribution in [3.63, 3.8) is 0 Å². The van der Waals surface area contributed by atoms with Gasteiger partial charge < -0.3 is 5.32 Å². The maximum absolute atomic E-state index is 11.4. The first-order valence-corrected chi connectivity index (χ1v) is 5.34. The van der Waals surface area contributed by atoms with Crippen molar-refractivity contribution in [2.75, 3.05) is 6.54 Å². The summed E-state index contributed by atoms with van der Waals surface area (Å²) in [5.41, 5.74) is 1.16. The second kappa shape index (κ2) is 6.17. The summed E-state index contributed by atoms with van der Waals surface area (Å²) in [5.74, 6) is 0.635. The molecule has 0 aliphatic carbocycles. The summed E-state index contributed by atoms with van der Waals surface area (Å²) in [6, 6.07) is 3.88. The summed E-state index contributed by atoms with van der Waals surface area (Å²) in [7, 11) is 0. The van der Waals surface area contributed by atoms with E-state index in [1.807, 2.05) is 12.1 Å². The Balaban J connectivity index is 2.23. The zero-order valence-corrected chi connectivity index (χ0v) is 9.36. The second-order valence-corrected chi connectivity index (χ2v) is 4.05. The molecular weight excluding hydrogens is 188 g/mol. The Hall–Kier alpha value is -1.38. The van der Waals surface area contributed by atoms with Gasteiger partial charge in [0.05, 0.1) is 0 Å². The Labute approximate surface area is 90.9 Å². The third-order valence-electron chi connectivity index (χ3n) is 2.10. The number of pyridine rings is 1. The van der Waals surface area contributed by atoms with Crippen LogP contribution in [0.1, 0.15) is 25.8 Å². The lowest BCUT2D eigenvalue weighted by atomic mass is 10.1. The summed E-state index contributed by atoms with van der Waals surface area (Å²) >= 11 is 0. The highest BCUT2D eigenvalue weighted by atomic mass is 16.1. The lowest BCUT2D eigenvalue weighted by Gasteiger charge is -2.07. The Bertz CT molecular complexity index is 296. The van der Waals surface area contributed by atoms with Gasteiger partial charge in [0.25, 0.3) is 0 Å². The standard InChI is InChI=1S/C12H18N2O/c1-10(2)9-14-12(15)4-3-11-5-7-13-8-6-11/h5-8,10H,3-4,9H2,1-2H3,(H,14,15). The molecule has 0 unspecified atom stereocenters. The normalized spacial score (nSPS) is 10.3. The van der Waals surface area contributed by atoms with Crippen LogP contribution >= 0.6 is 0 Å². The first kappa shape index (κ1) is 11.7. The summed E-state index contributed by atoms with van der Waals surface area (Å²) in [5, 5.41) is 2.90. The van der Waals surface area contributed by atoms with E-state index in [0.717, 1.165) is 18.5 Å². The Morgan fingerprint density at radius 3 is 2.67 bits per heavy atom. The maximum Gasteiger partial charge on any atom is 0.220 e. The predicted octanol–water partition coefficient (Wildman–Crippen LogP) is 1.79. The zero-order valence-electron chi connectivity index (χ0n) is 9.36. The van der Waals surface area contributed by atoms with Gasteiger partial charge in [0.2, 0.25) is 5.91 Å². The van der Waals surface area contributed by atoms with Crippen LogP contribution in [-0.2, 0) is 11.2 Å². The smallest absolute Gasteiger partial charge is 0.220 e. The van der Waals surface area contributed by atoms with Crippen LogP contribution in [0.15, 0.2) is 24.5 Å². The highest BCUT2D eigenvalue weighted by Gasteiger charge is 2.02. The molecule has 1 aromatic rings. The van der Waals surface area contributed by atoms with Gasteiger partial charge in [0.15, 0.2) is 0 Å². The van der Waals surface area contributed by atoms with Gasteiger partial charge in [-0.2, -0.15) is 0 Å². The Morgan fingerprint density at radius 2 is 2.07 bits per heavy atom. The molecule has 82 valence electrons. The zero-order chi connectivity index (χ0) is 11.1. The van der Waals surface area contributed by atoms with Gasteiger partial charge in [-0.25, -0.2) is 0 Å². The van der Waals surface area contributed by atoms with E-state index in [2.05, 4.69) is 24.1 Å². The minimum atomic E-state index is 0.125. The van der Waals surface area contributed by atoms with Crippen molar-refractivity contribution in [1.29, 1.82) is 0 Å². The van der Waals surface area contributed by atoms with Crippen LogP contribution in [0.25, 0.3) is 0 Å². The van der Waals surface area contributed by atoms with E-state index in [1.165, 1.54) is 0 Å². The summed E-state index contributed by atoms with van der Waals surface area (Å²) in [6.45, 7) is 4.93. The number of aryl methyl sites for hydroxylation is 1. The van der Waals surface area contributed by atoms with E-state index in [-0.39, 0.29) is 5.91 Å². The van der Waals surface area contributed by atoms with Gasteiger partial charge in [0, 0.05) is 25.4 Å².